The number of thiazole rings is 1. The fourth-order valence-corrected chi connectivity index (χ4v) is 4.42. The Morgan fingerprint density at radius 1 is 1.03 bits per heavy atom. The summed E-state index contributed by atoms with van der Waals surface area (Å²) in [5, 5.41) is 15.6. The molecular formula is C24H29N7OS. The monoisotopic (exact) mass is 463 g/mol. The number of piperidine rings is 1. The molecular weight excluding hydrogens is 434 g/mol. The third kappa shape index (κ3) is 5.43. The molecule has 4 aromatic rings. The van der Waals surface area contributed by atoms with Crippen LogP contribution in [0.2, 0.25) is 0 Å². The van der Waals surface area contributed by atoms with E-state index in [2.05, 4.69) is 44.6 Å². The highest BCUT2D eigenvalue weighted by atomic mass is 32.1. The summed E-state index contributed by atoms with van der Waals surface area (Å²) in [6, 6.07) is 7.88. The molecule has 1 fully saturated rings. The number of anilines is 2. The van der Waals surface area contributed by atoms with E-state index in [1.165, 1.54) is 0 Å². The summed E-state index contributed by atoms with van der Waals surface area (Å²) in [7, 11) is 0. The Labute approximate surface area is 197 Å². The molecule has 0 aliphatic carbocycles. The number of fused-ring (bicyclic) bond motifs is 1. The molecule has 0 unspecified atom stereocenters. The number of rotatable bonds is 6. The quantitative estimate of drug-likeness (QED) is 0.404. The van der Waals surface area contributed by atoms with Crippen molar-refractivity contribution < 1.29 is 4.74 Å². The topological polar surface area (TPSA) is 97.7 Å². The molecule has 172 valence electrons. The van der Waals surface area contributed by atoms with E-state index >= 15 is 0 Å². The molecule has 9 heteroatoms. The van der Waals surface area contributed by atoms with Gasteiger partial charge in [0.25, 0.3) is 5.19 Å². The van der Waals surface area contributed by atoms with Gasteiger partial charge in [-0.05, 0) is 61.7 Å². The van der Waals surface area contributed by atoms with Crippen molar-refractivity contribution in [2.24, 2.45) is 0 Å². The van der Waals surface area contributed by atoms with Gasteiger partial charge in [-0.25, -0.2) is 9.97 Å². The SMILES string of the molecule is C.CC(C)c1cnnc(Nc2ccc3ncc(-c4cnc(OC5CCNCC5)s4)cc3n2)c1. The van der Waals surface area contributed by atoms with Crippen LogP contribution in [-0.4, -0.2) is 44.3 Å². The minimum Gasteiger partial charge on any atom is -0.467 e. The second-order valence-corrected chi connectivity index (χ2v) is 9.16. The first-order valence-electron chi connectivity index (χ1n) is 10.8. The summed E-state index contributed by atoms with van der Waals surface area (Å²) in [5.41, 5.74) is 3.73. The molecule has 0 aromatic carbocycles. The Kier molecular flexibility index (Phi) is 7.10. The van der Waals surface area contributed by atoms with Gasteiger partial charge in [-0.15, -0.1) is 5.10 Å². The maximum atomic E-state index is 6.07. The Bertz CT molecular complexity index is 1220. The molecule has 0 spiro atoms. The minimum atomic E-state index is 0. The van der Waals surface area contributed by atoms with Crippen molar-refractivity contribution in [3.05, 3.63) is 48.4 Å². The smallest absolute Gasteiger partial charge is 0.273 e. The zero-order chi connectivity index (χ0) is 21.9. The van der Waals surface area contributed by atoms with Gasteiger partial charge in [-0.3, -0.25) is 4.98 Å². The van der Waals surface area contributed by atoms with Gasteiger partial charge in [0.05, 0.1) is 22.1 Å². The molecule has 4 aromatic heterocycles. The van der Waals surface area contributed by atoms with Crippen LogP contribution >= 0.6 is 11.3 Å². The van der Waals surface area contributed by atoms with Crippen LogP contribution in [0.1, 0.15) is 45.6 Å². The fraction of sp³-hybridized carbons (Fsp3) is 0.375. The Morgan fingerprint density at radius 3 is 2.70 bits per heavy atom. The molecule has 8 nitrogen and oxygen atoms in total. The largest absolute Gasteiger partial charge is 0.467 e. The van der Waals surface area contributed by atoms with Crippen LogP contribution in [0.25, 0.3) is 21.5 Å². The molecule has 1 aliphatic rings. The van der Waals surface area contributed by atoms with Crippen molar-refractivity contribution in [3.8, 4) is 15.6 Å². The van der Waals surface area contributed by atoms with E-state index in [1.807, 2.05) is 36.7 Å². The number of ether oxygens (including phenoxy) is 1. The van der Waals surface area contributed by atoms with Crippen LogP contribution in [0.15, 0.2) is 42.9 Å². The van der Waals surface area contributed by atoms with Gasteiger partial charge in [0, 0.05) is 18.0 Å². The summed E-state index contributed by atoms with van der Waals surface area (Å²) in [4.78, 5) is 14.8. The summed E-state index contributed by atoms with van der Waals surface area (Å²) in [6.07, 6.45) is 7.75. The molecule has 5 heterocycles. The lowest BCUT2D eigenvalue weighted by atomic mass is 10.1. The van der Waals surface area contributed by atoms with Crippen LogP contribution < -0.4 is 15.4 Å². The van der Waals surface area contributed by atoms with E-state index in [1.54, 1.807) is 17.5 Å². The first-order valence-corrected chi connectivity index (χ1v) is 11.7. The van der Waals surface area contributed by atoms with Gasteiger partial charge >= 0.3 is 0 Å². The molecule has 33 heavy (non-hydrogen) atoms. The molecule has 1 saturated heterocycles. The van der Waals surface area contributed by atoms with E-state index in [9.17, 15) is 0 Å². The van der Waals surface area contributed by atoms with Crippen LogP contribution in [-0.2, 0) is 0 Å². The van der Waals surface area contributed by atoms with Gasteiger partial charge in [-0.1, -0.05) is 32.6 Å². The van der Waals surface area contributed by atoms with Gasteiger partial charge < -0.3 is 15.4 Å². The summed E-state index contributed by atoms with van der Waals surface area (Å²) < 4.78 is 6.07. The number of nitrogens with one attached hydrogen (secondary N) is 2. The molecule has 2 N–H and O–H groups in total. The number of pyridine rings is 2. The molecule has 0 amide bonds. The van der Waals surface area contributed by atoms with Crippen LogP contribution in [0.5, 0.6) is 5.19 Å². The first kappa shape index (κ1) is 23.0. The van der Waals surface area contributed by atoms with Crippen LogP contribution in [0.4, 0.5) is 11.6 Å². The second-order valence-electron chi connectivity index (χ2n) is 8.17. The summed E-state index contributed by atoms with van der Waals surface area (Å²) >= 11 is 1.54. The maximum Gasteiger partial charge on any atom is 0.273 e. The Balaban J connectivity index is 0.00000259. The highest BCUT2D eigenvalue weighted by molar-refractivity contribution is 7.16. The van der Waals surface area contributed by atoms with Gasteiger partial charge in [0.2, 0.25) is 0 Å². The first-order chi connectivity index (χ1) is 15.6. The highest BCUT2D eigenvalue weighted by Gasteiger charge is 2.17. The number of hydrogen-bond donors (Lipinski definition) is 2. The predicted octanol–water partition coefficient (Wildman–Crippen LogP) is 5.18. The zero-order valence-corrected chi connectivity index (χ0v) is 18.9. The third-order valence-corrected chi connectivity index (χ3v) is 6.40. The van der Waals surface area contributed by atoms with E-state index in [0.717, 1.165) is 53.0 Å². The average molecular weight is 464 g/mol. The molecule has 0 saturated carbocycles. The number of hydrogen-bond acceptors (Lipinski definition) is 9. The summed E-state index contributed by atoms with van der Waals surface area (Å²) in [6.45, 7) is 6.24. The van der Waals surface area contributed by atoms with Crippen molar-refractivity contribution in [1.29, 1.82) is 0 Å². The maximum absolute atomic E-state index is 6.07. The summed E-state index contributed by atoms with van der Waals surface area (Å²) in [5.74, 6) is 1.76. The normalized spacial score (nSPS) is 14.3. The van der Waals surface area contributed by atoms with Crippen molar-refractivity contribution in [3.63, 3.8) is 0 Å². The Hall–Kier alpha value is -3.17. The fourth-order valence-electron chi connectivity index (χ4n) is 3.60. The van der Waals surface area contributed by atoms with Crippen molar-refractivity contribution >= 4 is 34.0 Å². The molecule has 0 radical (unpaired) electrons. The van der Waals surface area contributed by atoms with E-state index in [4.69, 9.17) is 9.72 Å². The average Bonchev–Trinajstić information content (AvgIpc) is 3.28. The van der Waals surface area contributed by atoms with Crippen molar-refractivity contribution in [2.75, 3.05) is 18.4 Å². The number of nitrogens with zero attached hydrogens (tertiary/aromatic N) is 5. The molecule has 0 bridgehead atoms. The number of aromatic nitrogens is 5. The van der Waals surface area contributed by atoms with Gasteiger partial charge in [0.15, 0.2) is 5.82 Å². The van der Waals surface area contributed by atoms with Crippen molar-refractivity contribution in [1.82, 2.24) is 30.5 Å². The Morgan fingerprint density at radius 2 is 1.88 bits per heavy atom. The third-order valence-electron chi connectivity index (χ3n) is 5.46. The molecule has 0 atom stereocenters. The standard InChI is InChI=1S/C23H25N7OS.CH4/c1-14(2)15-10-22(30-27-12-15)29-21-4-3-18-19(28-21)9-16(11-25-18)20-13-26-23(32-20)31-17-5-7-24-8-6-17;/h3-4,9-14,17,24H,5-8H2,1-2H3,(H,28,29,30);1H4. The van der Waals surface area contributed by atoms with Crippen LogP contribution in [0.3, 0.4) is 0 Å². The van der Waals surface area contributed by atoms with Crippen LogP contribution in [0, 0.1) is 0 Å². The van der Waals surface area contributed by atoms with Crippen molar-refractivity contribution in [2.45, 2.75) is 46.1 Å². The highest BCUT2D eigenvalue weighted by Crippen LogP contribution is 2.32. The lowest BCUT2D eigenvalue weighted by Crippen LogP contribution is -2.34. The zero-order valence-electron chi connectivity index (χ0n) is 18.1. The van der Waals surface area contributed by atoms with E-state index < -0.39 is 0 Å². The molecule has 1 aliphatic heterocycles. The van der Waals surface area contributed by atoms with Gasteiger partial charge in [0.1, 0.15) is 11.9 Å². The van der Waals surface area contributed by atoms with E-state index in [0.29, 0.717) is 22.7 Å². The van der Waals surface area contributed by atoms with E-state index in [-0.39, 0.29) is 13.5 Å². The minimum absolute atomic E-state index is 0. The second kappa shape index (κ2) is 10.2. The molecule has 5 rings (SSSR count). The van der Waals surface area contributed by atoms with Gasteiger partial charge in [-0.2, -0.15) is 5.10 Å². The predicted molar refractivity (Wildman–Crippen MR) is 133 cm³/mol. The lowest BCUT2D eigenvalue weighted by molar-refractivity contribution is 0.162. The lowest BCUT2D eigenvalue weighted by Gasteiger charge is -2.22.